The molecular weight excluding hydrogens is 497 g/mol. The van der Waals surface area contributed by atoms with Crippen molar-refractivity contribution >= 4 is 5.91 Å². The number of amides is 1. The summed E-state index contributed by atoms with van der Waals surface area (Å²) in [5, 5.41) is 3.18. The lowest BCUT2D eigenvalue weighted by Crippen LogP contribution is -2.48. The van der Waals surface area contributed by atoms with Crippen molar-refractivity contribution in [3.05, 3.63) is 65.0 Å². The van der Waals surface area contributed by atoms with Crippen LogP contribution in [0.25, 0.3) is 0 Å². The summed E-state index contributed by atoms with van der Waals surface area (Å²) in [6.07, 6.45) is 0.834. The molecule has 0 spiro atoms. The number of rotatable bonds is 7. The monoisotopic (exact) mass is 532 g/mol. The molecule has 1 N–H and O–H groups in total. The Morgan fingerprint density at radius 1 is 1.13 bits per heavy atom. The summed E-state index contributed by atoms with van der Waals surface area (Å²) in [4.78, 5) is 21.8. The molecule has 3 aliphatic rings. The Kier molecular flexibility index (Phi) is 8.62. The van der Waals surface area contributed by atoms with Crippen molar-refractivity contribution in [2.45, 2.75) is 63.2 Å². The van der Waals surface area contributed by atoms with Crippen molar-refractivity contribution < 1.29 is 27.4 Å². The summed E-state index contributed by atoms with van der Waals surface area (Å²) < 4.78 is 51.5. The number of likely N-dealkylation sites (tertiary alicyclic amines) is 1. The van der Waals surface area contributed by atoms with Crippen LogP contribution in [0.2, 0.25) is 0 Å². The first-order valence-electron chi connectivity index (χ1n) is 13.4. The standard InChI is InChI=1S/C28H35F3N4O3/c29-28(30,31)22-7-6-20-8-11-34(15-21(20)14-22)18-27(36)33-25-16-35(24-5-3-12-37-13-9-24)17-26(25)38-19-23-4-1-2-10-32-23/h1-2,4,6-7,10,14,24-26H,3,5,8-9,11-13,15-19H2,(H,33,36)/t24?,25?,26-/m0/s1. The number of halogens is 3. The lowest BCUT2D eigenvalue weighted by Gasteiger charge is -2.29. The molecule has 0 radical (unpaired) electrons. The van der Waals surface area contributed by atoms with Gasteiger partial charge in [0.15, 0.2) is 0 Å². The van der Waals surface area contributed by atoms with E-state index in [0.717, 1.165) is 56.3 Å². The normalized spacial score (nSPS) is 25.1. The molecule has 3 aliphatic heterocycles. The first-order chi connectivity index (χ1) is 18.3. The summed E-state index contributed by atoms with van der Waals surface area (Å²) >= 11 is 0. The van der Waals surface area contributed by atoms with Crippen LogP contribution >= 0.6 is 0 Å². The van der Waals surface area contributed by atoms with Crippen LogP contribution in [0.4, 0.5) is 13.2 Å². The number of ether oxygens (including phenoxy) is 2. The molecule has 2 unspecified atom stereocenters. The van der Waals surface area contributed by atoms with E-state index < -0.39 is 11.7 Å². The molecule has 2 saturated heterocycles. The van der Waals surface area contributed by atoms with Crippen molar-refractivity contribution in [2.75, 3.05) is 39.4 Å². The smallest absolute Gasteiger partial charge is 0.381 e. The molecule has 10 heteroatoms. The molecule has 5 rings (SSSR count). The van der Waals surface area contributed by atoms with Crippen LogP contribution < -0.4 is 5.32 Å². The minimum absolute atomic E-state index is 0.135. The largest absolute Gasteiger partial charge is 0.416 e. The zero-order chi connectivity index (χ0) is 26.5. The third-order valence-corrected chi connectivity index (χ3v) is 7.74. The zero-order valence-electron chi connectivity index (χ0n) is 21.5. The van der Waals surface area contributed by atoms with Gasteiger partial charge in [0.05, 0.1) is 36.6 Å². The topological polar surface area (TPSA) is 66.9 Å². The van der Waals surface area contributed by atoms with Crippen LogP contribution in [-0.2, 0) is 40.0 Å². The molecule has 0 aliphatic carbocycles. The lowest BCUT2D eigenvalue weighted by molar-refractivity contribution is -0.137. The summed E-state index contributed by atoms with van der Waals surface area (Å²) in [6, 6.07) is 9.83. The number of carbonyl (C=O) groups is 1. The van der Waals surface area contributed by atoms with Gasteiger partial charge in [0.25, 0.3) is 0 Å². The minimum Gasteiger partial charge on any atom is -0.381 e. The number of fused-ring (bicyclic) bond motifs is 1. The van der Waals surface area contributed by atoms with Gasteiger partial charge < -0.3 is 14.8 Å². The number of nitrogens with zero attached hydrogens (tertiary/aromatic N) is 3. The van der Waals surface area contributed by atoms with Crippen LogP contribution in [0.5, 0.6) is 0 Å². The van der Waals surface area contributed by atoms with Gasteiger partial charge in [0.2, 0.25) is 5.91 Å². The average Bonchev–Trinajstić information content (AvgIpc) is 3.09. The van der Waals surface area contributed by atoms with Crippen molar-refractivity contribution in [2.24, 2.45) is 0 Å². The molecule has 1 aromatic heterocycles. The predicted octanol–water partition coefficient (Wildman–Crippen LogP) is 3.41. The number of alkyl halides is 3. The zero-order valence-corrected chi connectivity index (χ0v) is 21.5. The van der Waals surface area contributed by atoms with Crippen molar-refractivity contribution in [3.63, 3.8) is 0 Å². The molecule has 2 fully saturated rings. The quantitative estimate of drug-likeness (QED) is 0.590. The first kappa shape index (κ1) is 27.1. The maximum absolute atomic E-state index is 13.2. The highest BCUT2D eigenvalue weighted by Crippen LogP contribution is 2.32. The van der Waals surface area contributed by atoms with Gasteiger partial charge in [0, 0.05) is 51.6 Å². The Morgan fingerprint density at radius 3 is 2.84 bits per heavy atom. The van der Waals surface area contributed by atoms with E-state index in [9.17, 15) is 18.0 Å². The van der Waals surface area contributed by atoms with Crippen LogP contribution in [-0.4, -0.2) is 78.3 Å². The number of carbonyl (C=O) groups excluding carboxylic acids is 1. The van der Waals surface area contributed by atoms with Gasteiger partial charge in [-0.2, -0.15) is 13.2 Å². The highest BCUT2D eigenvalue weighted by atomic mass is 19.4. The van der Waals surface area contributed by atoms with Crippen LogP contribution in [0, 0.1) is 0 Å². The van der Waals surface area contributed by atoms with E-state index in [0.29, 0.717) is 44.3 Å². The fourth-order valence-electron chi connectivity index (χ4n) is 5.72. The average molecular weight is 533 g/mol. The van der Waals surface area contributed by atoms with Gasteiger partial charge in [0.1, 0.15) is 0 Å². The van der Waals surface area contributed by atoms with Crippen molar-refractivity contribution in [1.82, 2.24) is 20.1 Å². The second-order valence-corrected chi connectivity index (χ2v) is 10.4. The first-order valence-corrected chi connectivity index (χ1v) is 13.4. The number of pyridine rings is 1. The molecule has 3 atom stereocenters. The summed E-state index contributed by atoms with van der Waals surface area (Å²) in [5.74, 6) is -0.136. The van der Waals surface area contributed by atoms with Crippen LogP contribution in [0.1, 0.15) is 41.6 Å². The van der Waals surface area contributed by atoms with Gasteiger partial charge in [-0.15, -0.1) is 0 Å². The number of hydrogen-bond donors (Lipinski definition) is 1. The molecule has 38 heavy (non-hydrogen) atoms. The van der Waals surface area contributed by atoms with Gasteiger partial charge in [-0.25, -0.2) is 0 Å². The van der Waals surface area contributed by atoms with Crippen molar-refractivity contribution in [3.8, 4) is 0 Å². The predicted molar refractivity (Wildman–Crippen MR) is 135 cm³/mol. The fourth-order valence-corrected chi connectivity index (χ4v) is 5.72. The minimum atomic E-state index is -4.38. The highest BCUT2D eigenvalue weighted by molar-refractivity contribution is 5.78. The van der Waals surface area contributed by atoms with Gasteiger partial charge in [-0.05, 0) is 61.1 Å². The summed E-state index contributed by atoms with van der Waals surface area (Å²) in [5.41, 5.74) is 1.74. The molecule has 1 aromatic carbocycles. The Hall–Kier alpha value is -2.53. The van der Waals surface area contributed by atoms with Gasteiger partial charge in [-0.3, -0.25) is 19.6 Å². The maximum atomic E-state index is 13.2. The second kappa shape index (κ2) is 12.1. The Morgan fingerprint density at radius 2 is 2.03 bits per heavy atom. The Bertz CT molecular complexity index is 1080. The molecule has 0 bridgehead atoms. The lowest BCUT2D eigenvalue weighted by atomic mass is 9.97. The Balaban J connectivity index is 1.21. The Labute approximate surface area is 221 Å². The molecule has 2 aromatic rings. The molecular formula is C28H35F3N4O3. The van der Waals surface area contributed by atoms with Crippen LogP contribution in [0.15, 0.2) is 42.6 Å². The highest BCUT2D eigenvalue weighted by Gasteiger charge is 2.38. The van der Waals surface area contributed by atoms with E-state index in [2.05, 4.69) is 15.2 Å². The number of aromatic nitrogens is 1. The third-order valence-electron chi connectivity index (χ3n) is 7.74. The fraction of sp³-hybridized carbons (Fsp3) is 0.571. The van der Waals surface area contributed by atoms with Gasteiger partial charge in [-0.1, -0.05) is 12.1 Å². The number of hydrogen-bond acceptors (Lipinski definition) is 6. The van der Waals surface area contributed by atoms with Crippen LogP contribution in [0.3, 0.4) is 0 Å². The SMILES string of the molecule is O=C(CN1CCc2ccc(C(F)(F)F)cc2C1)NC1CN(C2CCCOCC2)C[C@@H]1OCc1ccccn1. The second-order valence-electron chi connectivity index (χ2n) is 10.4. The maximum Gasteiger partial charge on any atom is 0.416 e. The molecule has 4 heterocycles. The molecule has 1 amide bonds. The number of benzene rings is 1. The molecule has 206 valence electrons. The van der Waals surface area contributed by atoms with Gasteiger partial charge >= 0.3 is 6.18 Å². The van der Waals surface area contributed by atoms with E-state index in [1.807, 2.05) is 23.1 Å². The molecule has 0 saturated carbocycles. The summed E-state index contributed by atoms with van der Waals surface area (Å²) in [7, 11) is 0. The molecule has 7 nitrogen and oxygen atoms in total. The van der Waals surface area contributed by atoms with E-state index in [-0.39, 0.29) is 24.6 Å². The van der Waals surface area contributed by atoms with E-state index in [1.54, 1.807) is 12.3 Å². The van der Waals surface area contributed by atoms with E-state index in [1.165, 1.54) is 6.07 Å². The van der Waals surface area contributed by atoms with E-state index in [4.69, 9.17) is 9.47 Å². The summed E-state index contributed by atoms with van der Waals surface area (Å²) in [6.45, 7) is 4.40. The third kappa shape index (κ3) is 6.91. The number of nitrogens with one attached hydrogen (secondary N) is 1. The van der Waals surface area contributed by atoms with Crippen molar-refractivity contribution in [1.29, 1.82) is 0 Å². The van der Waals surface area contributed by atoms with E-state index >= 15 is 0 Å².